The first-order valence-corrected chi connectivity index (χ1v) is 10.9. The quantitative estimate of drug-likeness (QED) is 0.653. The zero-order valence-electron chi connectivity index (χ0n) is 16.9. The van der Waals surface area contributed by atoms with Gasteiger partial charge in [-0.3, -0.25) is 19.4 Å². The Balaban J connectivity index is 1.52. The average Bonchev–Trinajstić information content (AvgIpc) is 3.37. The van der Waals surface area contributed by atoms with E-state index in [9.17, 15) is 9.59 Å². The summed E-state index contributed by atoms with van der Waals surface area (Å²) in [6, 6.07) is 11.1. The Hall–Kier alpha value is -2.68. The summed E-state index contributed by atoms with van der Waals surface area (Å²) in [4.78, 5) is 30.8. The summed E-state index contributed by atoms with van der Waals surface area (Å²) in [6.45, 7) is 4.49. The van der Waals surface area contributed by atoms with Crippen LogP contribution in [0.15, 0.2) is 47.5 Å². The van der Waals surface area contributed by atoms with E-state index >= 15 is 0 Å². The predicted octanol–water partition coefficient (Wildman–Crippen LogP) is 2.67. The standard InChI is InChI=1S/C22H25N3O4S/c1-28-17-6-2-5-16(15-17)23-20-19(18-7-3-14-30-18)21(26)25(22(20)27)9-4-8-24-10-12-29-13-11-24/h2-3,5-7,14-15,23H,4,8-13H2,1H3. The Bertz CT molecular complexity index is 936. The molecule has 0 aliphatic carbocycles. The summed E-state index contributed by atoms with van der Waals surface area (Å²) in [7, 11) is 1.59. The number of methoxy groups -OCH3 is 1. The first-order chi connectivity index (χ1) is 14.7. The highest BCUT2D eigenvalue weighted by Crippen LogP contribution is 2.33. The fourth-order valence-electron chi connectivity index (χ4n) is 3.67. The molecule has 3 heterocycles. The van der Waals surface area contributed by atoms with E-state index in [1.807, 2.05) is 35.7 Å². The fourth-order valence-corrected chi connectivity index (χ4v) is 4.43. The van der Waals surface area contributed by atoms with Gasteiger partial charge < -0.3 is 14.8 Å². The highest BCUT2D eigenvalue weighted by atomic mass is 32.1. The summed E-state index contributed by atoms with van der Waals surface area (Å²) in [5.41, 5.74) is 1.46. The van der Waals surface area contributed by atoms with Crippen molar-refractivity contribution >= 4 is 34.4 Å². The van der Waals surface area contributed by atoms with E-state index in [1.54, 1.807) is 13.2 Å². The number of amides is 2. The molecule has 30 heavy (non-hydrogen) atoms. The van der Waals surface area contributed by atoms with Gasteiger partial charge in [-0.25, -0.2) is 0 Å². The lowest BCUT2D eigenvalue weighted by Gasteiger charge is -2.27. The maximum absolute atomic E-state index is 13.2. The fraction of sp³-hybridized carbons (Fsp3) is 0.364. The molecule has 4 rings (SSSR count). The SMILES string of the molecule is COc1cccc(NC2=C(c3cccs3)C(=O)N(CCCN3CCOCC3)C2=O)c1. The van der Waals surface area contributed by atoms with Gasteiger partial charge in [0.2, 0.25) is 0 Å². The van der Waals surface area contributed by atoms with Gasteiger partial charge in [0, 0.05) is 42.8 Å². The summed E-state index contributed by atoms with van der Waals surface area (Å²) in [6.07, 6.45) is 0.738. The highest BCUT2D eigenvalue weighted by molar-refractivity contribution is 7.11. The molecule has 1 saturated heterocycles. The third-order valence-corrected chi connectivity index (χ3v) is 6.12. The second kappa shape index (κ2) is 9.42. The zero-order chi connectivity index (χ0) is 20.9. The van der Waals surface area contributed by atoms with Crippen molar-refractivity contribution < 1.29 is 19.1 Å². The van der Waals surface area contributed by atoms with E-state index in [0.717, 1.165) is 44.1 Å². The first-order valence-electron chi connectivity index (χ1n) is 10.0. The van der Waals surface area contributed by atoms with Crippen molar-refractivity contribution in [2.75, 3.05) is 51.8 Å². The summed E-state index contributed by atoms with van der Waals surface area (Å²) >= 11 is 1.45. The van der Waals surface area contributed by atoms with Crippen molar-refractivity contribution in [3.05, 3.63) is 52.4 Å². The number of imide groups is 1. The number of benzene rings is 1. The van der Waals surface area contributed by atoms with Gasteiger partial charge in [0.25, 0.3) is 11.8 Å². The van der Waals surface area contributed by atoms with E-state index in [-0.39, 0.29) is 11.8 Å². The molecule has 1 aromatic heterocycles. The number of nitrogens with zero attached hydrogens (tertiary/aromatic N) is 2. The van der Waals surface area contributed by atoms with Crippen LogP contribution in [0.25, 0.3) is 5.57 Å². The molecule has 0 spiro atoms. The van der Waals surface area contributed by atoms with Crippen LogP contribution in [0.4, 0.5) is 5.69 Å². The topological polar surface area (TPSA) is 71.1 Å². The van der Waals surface area contributed by atoms with E-state index in [1.165, 1.54) is 16.2 Å². The van der Waals surface area contributed by atoms with Gasteiger partial charge in [-0.1, -0.05) is 12.1 Å². The lowest BCUT2D eigenvalue weighted by Crippen LogP contribution is -2.39. The second-order valence-electron chi connectivity index (χ2n) is 7.15. The molecule has 7 nitrogen and oxygen atoms in total. The molecule has 1 fully saturated rings. The largest absolute Gasteiger partial charge is 0.497 e. The minimum atomic E-state index is -0.284. The molecule has 2 amide bonds. The maximum atomic E-state index is 13.2. The molecule has 1 aromatic carbocycles. The molecule has 2 aliphatic heterocycles. The van der Waals surface area contributed by atoms with Crippen molar-refractivity contribution in [2.24, 2.45) is 0 Å². The third kappa shape index (κ3) is 4.40. The number of anilines is 1. The maximum Gasteiger partial charge on any atom is 0.278 e. The van der Waals surface area contributed by atoms with E-state index in [2.05, 4.69) is 10.2 Å². The van der Waals surface area contributed by atoms with Crippen LogP contribution in [0.5, 0.6) is 5.75 Å². The highest BCUT2D eigenvalue weighted by Gasteiger charge is 2.39. The van der Waals surface area contributed by atoms with Gasteiger partial charge in [-0.2, -0.15) is 0 Å². The molecule has 0 saturated carbocycles. The number of hydrogen-bond acceptors (Lipinski definition) is 7. The van der Waals surface area contributed by atoms with Crippen molar-refractivity contribution in [2.45, 2.75) is 6.42 Å². The third-order valence-electron chi connectivity index (χ3n) is 5.23. The molecule has 2 aliphatic rings. The summed E-state index contributed by atoms with van der Waals surface area (Å²) < 4.78 is 10.6. The van der Waals surface area contributed by atoms with E-state index in [0.29, 0.717) is 29.3 Å². The summed E-state index contributed by atoms with van der Waals surface area (Å²) in [5.74, 6) is 0.153. The summed E-state index contributed by atoms with van der Waals surface area (Å²) in [5, 5.41) is 5.08. The molecule has 0 atom stereocenters. The van der Waals surface area contributed by atoms with Crippen LogP contribution in [-0.2, 0) is 14.3 Å². The molecule has 158 valence electrons. The Morgan fingerprint density at radius 2 is 1.93 bits per heavy atom. The Labute approximate surface area is 179 Å². The van der Waals surface area contributed by atoms with Gasteiger partial charge in [-0.15, -0.1) is 11.3 Å². The van der Waals surface area contributed by atoms with Crippen LogP contribution in [0.3, 0.4) is 0 Å². The monoisotopic (exact) mass is 427 g/mol. The van der Waals surface area contributed by atoms with Gasteiger partial charge in [0.05, 0.1) is 25.9 Å². The average molecular weight is 428 g/mol. The van der Waals surface area contributed by atoms with Crippen LogP contribution in [0.2, 0.25) is 0 Å². The van der Waals surface area contributed by atoms with Crippen LogP contribution < -0.4 is 10.1 Å². The van der Waals surface area contributed by atoms with Crippen molar-refractivity contribution in [1.29, 1.82) is 0 Å². The number of nitrogens with one attached hydrogen (secondary N) is 1. The van der Waals surface area contributed by atoms with Gasteiger partial charge >= 0.3 is 0 Å². The number of rotatable bonds is 8. The predicted molar refractivity (Wildman–Crippen MR) is 116 cm³/mol. The smallest absolute Gasteiger partial charge is 0.278 e. The Kier molecular flexibility index (Phi) is 6.47. The Morgan fingerprint density at radius 1 is 1.10 bits per heavy atom. The molecule has 2 aromatic rings. The number of carbonyl (C=O) groups excluding carboxylic acids is 2. The minimum absolute atomic E-state index is 0.241. The number of hydrogen-bond donors (Lipinski definition) is 1. The molecule has 0 radical (unpaired) electrons. The van der Waals surface area contributed by atoms with Gasteiger partial charge in [-0.05, 0) is 30.0 Å². The van der Waals surface area contributed by atoms with Crippen LogP contribution in [0, 0.1) is 0 Å². The lowest BCUT2D eigenvalue weighted by molar-refractivity contribution is -0.136. The van der Waals surface area contributed by atoms with E-state index < -0.39 is 0 Å². The number of ether oxygens (including phenoxy) is 2. The number of carbonyl (C=O) groups is 2. The van der Waals surface area contributed by atoms with Crippen molar-refractivity contribution in [3.63, 3.8) is 0 Å². The molecule has 1 N–H and O–H groups in total. The first kappa shape index (κ1) is 20.6. The molecule has 0 unspecified atom stereocenters. The van der Waals surface area contributed by atoms with Gasteiger partial charge in [0.15, 0.2) is 0 Å². The molecule has 8 heteroatoms. The lowest BCUT2D eigenvalue weighted by atomic mass is 10.2. The molecular weight excluding hydrogens is 402 g/mol. The Morgan fingerprint density at radius 3 is 2.67 bits per heavy atom. The van der Waals surface area contributed by atoms with Crippen molar-refractivity contribution in [1.82, 2.24) is 9.80 Å². The molecule has 0 bridgehead atoms. The van der Waals surface area contributed by atoms with Crippen molar-refractivity contribution in [3.8, 4) is 5.75 Å². The minimum Gasteiger partial charge on any atom is -0.497 e. The van der Waals surface area contributed by atoms with Crippen LogP contribution in [-0.4, -0.2) is 68.1 Å². The van der Waals surface area contributed by atoms with Crippen LogP contribution >= 0.6 is 11.3 Å². The second-order valence-corrected chi connectivity index (χ2v) is 8.10. The molecular formula is C22H25N3O4S. The zero-order valence-corrected chi connectivity index (χ0v) is 17.7. The van der Waals surface area contributed by atoms with Gasteiger partial charge in [0.1, 0.15) is 11.4 Å². The number of thiophene rings is 1. The van der Waals surface area contributed by atoms with Crippen LogP contribution in [0.1, 0.15) is 11.3 Å². The number of morpholine rings is 1. The van der Waals surface area contributed by atoms with E-state index in [4.69, 9.17) is 9.47 Å². The normalized spacial score (nSPS) is 17.7.